The average molecular weight is 423 g/mol. The molecule has 6 nitrogen and oxygen atoms in total. The number of ether oxygens (including phenoxy) is 2. The number of amides is 1. The molecule has 9 heteroatoms. The van der Waals surface area contributed by atoms with Crippen LogP contribution in [0.4, 0.5) is 13.2 Å². The van der Waals surface area contributed by atoms with Crippen molar-refractivity contribution in [2.45, 2.75) is 26.6 Å². The zero-order chi connectivity index (χ0) is 22.3. The monoisotopic (exact) mass is 423 g/mol. The molecule has 0 aliphatic carbocycles. The Morgan fingerprint density at radius 2 is 1.63 bits per heavy atom. The topological polar surface area (TPSA) is 81.7 Å². The molecule has 2 aromatic rings. The van der Waals surface area contributed by atoms with Crippen LogP contribution < -0.4 is 10.1 Å². The summed E-state index contributed by atoms with van der Waals surface area (Å²) >= 11 is 0. The predicted octanol–water partition coefficient (Wildman–Crippen LogP) is 3.78. The fourth-order valence-corrected chi connectivity index (χ4v) is 2.48. The Kier molecular flexibility index (Phi) is 7.57. The largest absolute Gasteiger partial charge is 0.493 e. The van der Waals surface area contributed by atoms with E-state index < -0.39 is 30.2 Å². The lowest BCUT2D eigenvalue weighted by Crippen LogP contribution is -2.30. The van der Waals surface area contributed by atoms with E-state index in [4.69, 9.17) is 9.47 Å². The van der Waals surface area contributed by atoms with Crippen molar-refractivity contribution in [2.24, 2.45) is 0 Å². The van der Waals surface area contributed by atoms with Gasteiger partial charge in [-0.2, -0.15) is 13.2 Å². The second kappa shape index (κ2) is 9.91. The van der Waals surface area contributed by atoms with Crippen molar-refractivity contribution in [1.82, 2.24) is 5.32 Å². The molecule has 160 valence electrons. The van der Waals surface area contributed by atoms with Crippen LogP contribution in [0.1, 0.15) is 45.7 Å². The summed E-state index contributed by atoms with van der Waals surface area (Å²) in [7, 11) is 0. The SMILES string of the molecule is CCOc1ccc(C(C)=O)cc1COC(=O)CNC(=O)c1ccc(C(F)(F)F)cc1. The van der Waals surface area contributed by atoms with Gasteiger partial charge < -0.3 is 14.8 Å². The van der Waals surface area contributed by atoms with Gasteiger partial charge in [-0.1, -0.05) is 0 Å². The van der Waals surface area contributed by atoms with Gasteiger partial charge in [0.15, 0.2) is 5.78 Å². The van der Waals surface area contributed by atoms with Crippen molar-refractivity contribution >= 4 is 17.7 Å². The first-order valence-corrected chi connectivity index (χ1v) is 8.99. The minimum atomic E-state index is -4.50. The van der Waals surface area contributed by atoms with Crippen LogP contribution in [-0.4, -0.2) is 30.8 Å². The van der Waals surface area contributed by atoms with Crippen molar-refractivity contribution in [2.75, 3.05) is 13.2 Å². The van der Waals surface area contributed by atoms with Gasteiger partial charge in [-0.05, 0) is 56.3 Å². The van der Waals surface area contributed by atoms with Crippen LogP contribution in [0.3, 0.4) is 0 Å². The lowest BCUT2D eigenvalue weighted by Gasteiger charge is -2.12. The molecular formula is C21H20F3NO5. The number of ketones is 1. The van der Waals surface area contributed by atoms with Gasteiger partial charge in [0.05, 0.1) is 12.2 Å². The Bertz CT molecular complexity index is 923. The molecule has 30 heavy (non-hydrogen) atoms. The molecule has 0 fully saturated rings. The summed E-state index contributed by atoms with van der Waals surface area (Å²) in [6.07, 6.45) is -4.50. The van der Waals surface area contributed by atoms with Crippen molar-refractivity contribution in [3.05, 3.63) is 64.7 Å². The molecule has 0 aromatic heterocycles. The fourth-order valence-electron chi connectivity index (χ4n) is 2.48. The van der Waals surface area contributed by atoms with E-state index in [1.165, 1.54) is 6.92 Å². The van der Waals surface area contributed by atoms with Crippen LogP contribution in [0.25, 0.3) is 0 Å². The highest BCUT2D eigenvalue weighted by atomic mass is 19.4. The van der Waals surface area contributed by atoms with Crippen LogP contribution in [0, 0.1) is 0 Å². The summed E-state index contributed by atoms with van der Waals surface area (Å²) in [6.45, 7) is 2.92. The number of benzene rings is 2. The highest BCUT2D eigenvalue weighted by Gasteiger charge is 2.30. The summed E-state index contributed by atoms with van der Waals surface area (Å²) in [5, 5.41) is 2.28. The first kappa shape index (κ1) is 22.9. The van der Waals surface area contributed by atoms with Gasteiger partial charge in [-0.15, -0.1) is 0 Å². The summed E-state index contributed by atoms with van der Waals surface area (Å²) < 4.78 is 48.2. The summed E-state index contributed by atoms with van der Waals surface area (Å²) in [5.41, 5.74) is 0.0204. The molecule has 0 radical (unpaired) electrons. The van der Waals surface area contributed by atoms with Gasteiger partial charge >= 0.3 is 12.1 Å². The van der Waals surface area contributed by atoms with Crippen LogP contribution in [0.15, 0.2) is 42.5 Å². The van der Waals surface area contributed by atoms with E-state index in [2.05, 4.69) is 5.32 Å². The molecule has 0 heterocycles. The number of carbonyl (C=O) groups is 3. The maximum atomic E-state index is 12.6. The number of hydrogen-bond acceptors (Lipinski definition) is 5. The summed E-state index contributed by atoms with van der Waals surface area (Å²) in [6, 6.07) is 8.37. The number of rotatable bonds is 8. The smallest absolute Gasteiger partial charge is 0.416 e. The van der Waals surface area contributed by atoms with E-state index in [0.717, 1.165) is 24.3 Å². The molecule has 0 spiro atoms. The second-order valence-electron chi connectivity index (χ2n) is 6.23. The van der Waals surface area contributed by atoms with Crippen molar-refractivity contribution in [3.63, 3.8) is 0 Å². The van der Waals surface area contributed by atoms with E-state index >= 15 is 0 Å². The number of esters is 1. The highest BCUT2D eigenvalue weighted by Crippen LogP contribution is 2.29. The Hall–Kier alpha value is -3.36. The van der Waals surface area contributed by atoms with Crippen molar-refractivity contribution < 1.29 is 37.0 Å². The zero-order valence-electron chi connectivity index (χ0n) is 16.3. The number of alkyl halides is 3. The Balaban J connectivity index is 1.93. The molecule has 0 bridgehead atoms. The third-order valence-electron chi connectivity index (χ3n) is 4.02. The Labute approximate surface area is 171 Å². The number of Topliss-reactive ketones (excluding diaryl/α,β-unsaturated/α-hetero) is 1. The molecule has 0 aliphatic heterocycles. The third-order valence-corrected chi connectivity index (χ3v) is 4.02. The van der Waals surface area contributed by atoms with Crippen LogP contribution in [0.5, 0.6) is 5.75 Å². The van der Waals surface area contributed by atoms with E-state index in [0.29, 0.717) is 23.5 Å². The van der Waals surface area contributed by atoms with E-state index in [-0.39, 0.29) is 18.0 Å². The van der Waals surface area contributed by atoms with Crippen LogP contribution in [-0.2, 0) is 22.3 Å². The lowest BCUT2D eigenvalue weighted by molar-refractivity contribution is -0.143. The lowest BCUT2D eigenvalue weighted by atomic mass is 10.1. The maximum Gasteiger partial charge on any atom is 0.416 e. The molecule has 0 aliphatic rings. The molecule has 2 aromatic carbocycles. The summed E-state index contributed by atoms with van der Waals surface area (Å²) in [4.78, 5) is 35.5. The molecule has 2 rings (SSSR count). The Morgan fingerprint density at radius 1 is 1.00 bits per heavy atom. The normalized spacial score (nSPS) is 11.0. The van der Waals surface area contributed by atoms with E-state index in [9.17, 15) is 27.6 Å². The maximum absolute atomic E-state index is 12.6. The quantitative estimate of drug-likeness (QED) is 0.516. The number of carbonyl (C=O) groups excluding carboxylic acids is 3. The molecule has 1 N–H and O–H groups in total. The number of halogens is 3. The minimum absolute atomic E-state index is 0.0245. The van der Waals surface area contributed by atoms with E-state index in [1.54, 1.807) is 25.1 Å². The third kappa shape index (κ3) is 6.33. The standard InChI is InChI=1S/C21H20F3NO5/c1-3-29-18-9-6-15(13(2)26)10-16(18)12-30-19(27)11-25-20(28)14-4-7-17(8-5-14)21(22,23)24/h4-10H,3,11-12H2,1-2H3,(H,25,28). The molecule has 0 atom stereocenters. The Morgan fingerprint density at radius 3 is 2.20 bits per heavy atom. The van der Waals surface area contributed by atoms with Crippen LogP contribution >= 0.6 is 0 Å². The van der Waals surface area contributed by atoms with E-state index in [1.807, 2.05) is 0 Å². The predicted molar refractivity (Wildman–Crippen MR) is 101 cm³/mol. The van der Waals surface area contributed by atoms with Gasteiger partial charge in [0, 0.05) is 16.7 Å². The molecule has 0 saturated carbocycles. The molecule has 1 amide bonds. The number of hydrogen-bond donors (Lipinski definition) is 1. The average Bonchev–Trinajstić information content (AvgIpc) is 2.70. The molecular weight excluding hydrogens is 403 g/mol. The molecule has 0 unspecified atom stereocenters. The number of nitrogens with one attached hydrogen (secondary N) is 1. The van der Waals surface area contributed by atoms with Gasteiger partial charge in [0.2, 0.25) is 0 Å². The van der Waals surface area contributed by atoms with Gasteiger partial charge in [-0.3, -0.25) is 14.4 Å². The summed E-state index contributed by atoms with van der Waals surface area (Å²) in [5.74, 6) is -1.17. The molecule has 0 saturated heterocycles. The van der Waals surface area contributed by atoms with Gasteiger partial charge in [0.25, 0.3) is 5.91 Å². The highest BCUT2D eigenvalue weighted by molar-refractivity contribution is 5.96. The van der Waals surface area contributed by atoms with Crippen molar-refractivity contribution in [1.29, 1.82) is 0 Å². The minimum Gasteiger partial charge on any atom is -0.493 e. The fraction of sp³-hybridized carbons (Fsp3) is 0.286. The first-order chi connectivity index (χ1) is 14.1. The zero-order valence-corrected chi connectivity index (χ0v) is 16.3. The van der Waals surface area contributed by atoms with Crippen molar-refractivity contribution in [3.8, 4) is 5.75 Å². The second-order valence-corrected chi connectivity index (χ2v) is 6.23. The van der Waals surface area contributed by atoms with Gasteiger partial charge in [0.1, 0.15) is 18.9 Å². The van der Waals surface area contributed by atoms with Gasteiger partial charge in [-0.25, -0.2) is 0 Å². The van der Waals surface area contributed by atoms with Crippen LogP contribution in [0.2, 0.25) is 0 Å². The first-order valence-electron chi connectivity index (χ1n) is 8.99.